The first-order chi connectivity index (χ1) is 14.6. The summed E-state index contributed by atoms with van der Waals surface area (Å²) in [6.07, 6.45) is -10.2. The van der Waals surface area contributed by atoms with E-state index in [0.29, 0.717) is 5.01 Å². The van der Waals surface area contributed by atoms with E-state index in [0.717, 1.165) is 7.11 Å². The monoisotopic (exact) mass is 492 g/mol. The van der Waals surface area contributed by atoms with Crippen LogP contribution in [0.5, 0.6) is 0 Å². The van der Waals surface area contributed by atoms with E-state index < -0.39 is 48.6 Å². The second kappa shape index (κ2) is 12.2. The fourth-order valence-electron chi connectivity index (χ4n) is 2.57. The Kier molecular flexibility index (Phi) is 10.7. The van der Waals surface area contributed by atoms with Crippen LogP contribution >= 0.6 is 23.2 Å². The van der Waals surface area contributed by atoms with Crippen LogP contribution < -0.4 is 10.6 Å². The molecule has 0 spiro atoms. The standard InChI is InChI=1S/C13H22Cl2N6O10/c1-30-10-13(27,17-12(26)21(19-29)5-3-15)8(23)6(22)7(31-10)9(24)16-11(25)20(18-28)4-2-14/h6-10,22-24,27H,2-5H2,1H3,(H,16,25)(H,17,26)/t6-,7+,8+,9?,10+,13-/m1/s1. The number of rotatable bonds is 10. The maximum atomic E-state index is 12.1. The molecule has 0 saturated carbocycles. The Morgan fingerprint density at radius 1 is 1.16 bits per heavy atom. The Morgan fingerprint density at radius 2 is 1.68 bits per heavy atom. The number of aliphatic hydroxyl groups excluding tert-OH is 3. The molecule has 0 bridgehead atoms. The molecule has 18 heteroatoms. The van der Waals surface area contributed by atoms with Gasteiger partial charge in [-0.1, -0.05) is 0 Å². The topological polar surface area (TPSA) is 223 Å². The number of hydrogen-bond acceptors (Lipinski definition) is 12. The number of nitroso groups, excluding NO2 is 2. The van der Waals surface area contributed by atoms with Gasteiger partial charge in [0.15, 0.2) is 6.23 Å². The van der Waals surface area contributed by atoms with E-state index in [1.807, 2.05) is 10.6 Å². The molecule has 0 radical (unpaired) electrons. The Morgan fingerprint density at radius 3 is 2.13 bits per heavy atom. The highest BCUT2D eigenvalue weighted by atomic mass is 35.5. The Balaban J connectivity index is 3.00. The van der Waals surface area contributed by atoms with E-state index in [4.69, 9.17) is 32.7 Å². The second-order valence-corrected chi connectivity index (χ2v) is 6.80. The van der Waals surface area contributed by atoms with Gasteiger partial charge in [-0.3, -0.25) is 0 Å². The number of amides is 4. The zero-order chi connectivity index (χ0) is 23.8. The molecule has 1 aliphatic rings. The lowest BCUT2D eigenvalue weighted by atomic mass is 9.92. The summed E-state index contributed by atoms with van der Waals surface area (Å²) < 4.78 is 10.0. The van der Waals surface area contributed by atoms with Crippen LogP contribution in [0.15, 0.2) is 10.6 Å². The molecule has 6 N–H and O–H groups in total. The molecule has 0 aromatic rings. The first-order valence-corrected chi connectivity index (χ1v) is 9.59. The van der Waals surface area contributed by atoms with Gasteiger partial charge in [-0.05, 0) is 0 Å². The smallest absolute Gasteiger partial charge is 0.342 e. The second-order valence-electron chi connectivity index (χ2n) is 6.04. The number of urea groups is 2. The molecular formula is C13H22Cl2N6O10. The number of nitrogens with zero attached hydrogens (tertiary/aromatic N) is 4. The predicted molar refractivity (Wildman–Crippen MR) is 102 cm³/mol. The third-order valence-electron chi connectivity index (χ3n) is 4.11. The van der Waals surface area contributed by atoms with Crippen molar-refractivity contribution in [2.45, 2.75) is 36.6 Å². The Hall–Kier alpha value is -1.92. The molecule has 178 valence electrons. The van der Waals surface area contributed by atoms with Crippen molar-refractivity contribution in [1.82, 2.24) is 20.7 Å². The summed E-state index contributed by atoms with van der Waals surface area (Å²) in [7, 11) is 0.987. The molecule has 6 atom stereocenters. The van der Waals surface area contributed by atoms with Gasteiger partial charge in [0.05, 0.1) is 23.7 Å². The number of ether oxygens (including phenoxy) is 2. The van der Waals surface area contributed by atoms with Crippen molar-refractivity contribution < 1.29 is 39.5 Å². The van der Waals surface area contributed by atoms with Gasteiger partial charge in [-0.25, -0.2) is 9.59 Å². The summed E-state index contributed by atoms with van der Waals surface area (Å²) in [4.78, 5) is 45.4. The quantitative estimate of drug-likeness (QED) is 0.0846. The van der Waals surface area contributed by atoms with E-state index in [-0.39, 0.29) is 29.9 Å². The van der Waals surface area contributed by atoms with Crippen LogP contribution in [0.4, 0.5) is 9.59 Å². The molecule has 1 unspecified atom stereocenters. The summed E-state index contributed by atoms with van der Waals surface area (Å²) in [6.45, 7) is -0.641. The third kappa shape index (κ3) is 6.30. The largest absolute Gasteiger partial charge is 0.387 e. The van der Waals surface area contributed by atoms with Gasteiger partial charge >= 0.3 is 12.1 Å². The van der Waals surface area contributed by atoms with E-state index in [2.05, 4.69) is 10.6 Å². The van der Waals surface area contributed by atoms with E-state index in [1.165, 1.54) is 0 Å². The lowest BCUT2D eigenvalue weighted by Gasteiger charge is -2.48. The highest BCUT2D eigenvalue weighted by Gasteiger charge is 2.58. The first-order valence-electron chi connectivity index (χ1n) is 8.52. The van der Waals surface area contributed by atoms with E-state index in [1.54, 1.807) is 0 Å². The summed E-state index contributed by atoms with van der Waals surface area (Å²) >= 11 is 10.8. The van der Waals surface area contributed by atoms with Crippen molar-refractivity contribution in [3.8, 4) is 0 Å². The molecule has 0 aromatic heterocycles. The maximum absolute atomic E-state index is 12.1. The SMILES string of the molecule is CO[C@H]1O[C@H](C(O)NC(=O)N(CCCl)N=O)[C@@H](O)[C@H](O)[C@]1(O)NC(=O)N(CCCl)N=O. The lowest BCUT2D eigenvalue weighted by Crippen LogP contribution is -2.76. The maximum Gasteiger partial charge on any atom is 0.342 e. The molecule has 1 fully saturated rings. The van der Waals surface area contributed by atoms with Crippen LogP contribution in [0.25, 0.3) is 0 Å². The Bertz CT molecular complexity index is 644. The molecule has 31 heavy (non-hydrogen) atoms. The highest BCUT2D eigenvalue weighted by Crippen LogP contribution is 2.30. The molecule has 1 saturated heterocycles. The van der Waals surface area contributed by atoms with Crippen molar-refractivity contribution >= 4 is 35.3 Å². The molecule has 1 aliphatic heterocycles. The molecule has 1 heterocycles. The molecule has 0 aromatic carbocycles. The van der Waals surface area contributed by atoms with Gasteiger partial charge in [-0.15, -0.1) is 33.0 Å². The highest BCUT2D eigenvalue weighted by molar-refractivity contribution is 6.18. The molecule has 0 aliphatic carbocycles. The number of halogens is 2. The van der Waals surface area contributed by atoms with Crippen LogP contribution in [0, 0.1) is 9.81 Å². The van der Waals surface area contributed by atoms with E-state index in [9.17, 15) is 39.8 Å². The number of nitrogens with one attached hydrogen (secondary N) is 2. The third-order valence-corrected chi connectivity index (χ3v) is 4.45. The zero-order valence-corrected chi connectivity index (χ0v) is 17.5. The summed E-state index contributed by atoms with van der Waals surface area (Å²) in [6, 6.07) is -2.51. The summed E-state index contributed by atoms with van der Waals surface area (Å²) in [5.41, 5.74) is -2.82. The number of aliphatic hydroxyl groups is 4. The minimum Gasteiger partial charge on any atom is -0.387 e. The van der Waals surface area contributed by atoms with Gasteiger partial charge in [0.25, 0.3) is 0 Å². The zero-order valence-electron chi connectivity index (χ0n) is 16.0. The van der Waals surface area contributed by atoms with Crippen molar-refractivity contribution in [1.29, 1.82) is 0 Å². The normalized spacial score (nSPS) is 28.9. The predicted octanol–water partition coefficient (Wildman–Crippen LogP) is -2.05. The number of carbonyl (C=O) groups is 2. The van der Waals surface area contributed by atoms with Crippen molar-refractivity contribution in [2.24, 2.45) is 10.6 Å². The van der Waals surface area contributed by atoms with Gasteiger partial charge in [0, 0.05) is 18.9 Å². The molecule has 16 nitrogen and oxygen atoms in total. The summed E-state index contributed by atoms with van der Waals surface area (Å²) in [5, 5.41) is 50.7. The Labute approximate surface area is 184 Å². The molecule has 1 rings (SSSR count). The number of hydrogen-bond donors (Lipinski definition) is 6. The minimum absolute atomic E-state index is 0.147. The first kappa shape index (κ1) is 27.1. The van der Waals surface area contributed by atoms with Crippen molar-refractivity contribution in [2.75, 3.05) is 32.0 Å². The van der Waals surface area contributed by atoms with Gasteiger partial charge in [0.2, 0.25) is 12.0 Å². The van der Waals surface area contributed by atoms with Crippen molar-refractivity contribution in [3.05, 3.63) is 9.81 Å². The number of methoxy groups -OCH3 is 1. The van der Waals surface area contributed by atoms with Crippen molar-refractivity contribution in [3.63, 3.8) is 0 Å². The summed E-state index contributed by atoms with van der Waals surface area (Å²) in [5.74, 6) is -0.331. The average Bonchev–Trinajstić information content (AvgIpc) is 2.74. The van der Waals surface area contributed by atoms with Crippen LogP contribution in [-0.4, -0.2) is 111 Å². The molecular weight excluding hydrogens is 471 g/mol. The minimum atomic E-state index is -2.82. The van der Waals surface area contributed by atoms with Crippen LogP contribution in [0.1, 0.15) is 0 Å². The van der Waals surface area contributed by atoms with Crippen LogP contribution in [0.3, 0.4) is 0 Å². The van der Waals surface area contributed by atoms with Gasteiger partial charge in [0.1, 0.15) is 18.3 Å². The lowest BCUT2D eigenvalue weighted by molar-refractivity contribution is -0.349. The van der Waals surface area contributed by atoms with Gasteiger partial charge < -0.3 is 40.5 Å². The molecule has 4 amide bonds. The number of carbonyl (C=O) groups excluding carboxylic acids is 2. The average molecular weight is 493 g/mol. The van der Waals surface area contributed by atoms with Gasteiger partial charge in [-0.2, -0.15) is 10.0 Å². The number of alkyl halides is 2. The van der Waals surface area contributed by atoms with Crippen LogP contribution in [-0.2, 0) is 9.47 Å². The van der Waals surface area contributed by atoms with E-state index >= 15 is 0 Å². The fraction of sp³-hybridized carbons (Fsp3) is 0.846. The fourth-order valence-corrected chi connectivity index (χ4v) is 2.89. The van der Waals surface area contributed by atoms with Crippen LogP contribution in [0.2, 0.25) is 0 Å².